The highest BCUT2D eigenvalue weighted by molar-refractivity contribution is 9.10. The van der Waals surface area contributed by atoms with Crippen LogP contribution in [0.4, 0.5) is 0 Å². The molecule has 94 valence electrons. The lowest BCUT2D eigenvalue weighted by atomic mass is 10.3. The highest BCUT2D eigenvalue weighted by Crippen LogP contribution is 2.26. The maximum Gasteiger partial charge on any atom is 0.106 e. The standard InChI is InChI=1S/C13H20BrN3/c1-10(17(2)12-6-7-12)8-15-9-11-4-3-5-13(14)16-11/h3-5,10,12,15H,6-9H2,1-2H3. The molecular formula is C13H20BrN3. The average molecular weight is 298 g/mol. The molecule has 1 N–H and O–H groups in total. The maximum absolute atomic E-state index is 4.40. The molecule has 0 spiro atoms. The largest absolute Gasteiger partial charge is 0.310 e. The van der Waals surface area contributed by atoms with Gasteiger partial charge < -0.3 is 5.32 Å². The molecule has 1 aliphatic carbocycles. The van der Waals surface area contributed by atoms with Gasteiger partial charge in [-0.15, -0.1) is 0 Å². The lowest BCUT2D eigenvalue weighted by Gasteiger charge is -2.24. The summed E-state index contributed by atoms with van der Waals surface area (Å²) < 4.78 is 0.903. The Hall–Kier alpha value is -0.450. The second-order valence-corrected chi connectivity index (χ2v) is 5.64. The fraction of sp³-hybridized carbons (Fsp3) is 0.615. The Bertz CT molecular complexity index is 365. The summed E-state index contributed by atoms with van der Waals surface area (Å²) in [5.74, 6) is 0. The van der Waals surface area contributed by atoms with Crippen molar-refractivity contribution < 1.29 is 0 Å². The van der Waals surface area contributed by atoms with E-state index in [-0.39, 0.29) is 0 Å². The van der Waals surface area contributed by atoms with E-state index in [4.69, 9.17) is 0 Å². The molecule has 1 aromatic rings. The Morgan fingerprint density at radius 3 is 2.94 bits per heavy atom. The van der Waals surface area contributed by atoms with E-state index in [2.05, 4.69) is 45.1 Å². The van der Waals surface area contributed by atoms with Gasteiger partial charge in [-0.2, -0.15) is 0 Å². The first-order valence-corrected chi connectivity index (χ1v) is 7.00. The monoisotopic (exact) mass is 297 g/mol. The van der Waals surface area contributed by atoms with Crippen LogP contribution < -0.4 is 5.32 Å². The van der Waals surface area contributed by atoms with Crippen LogP contribution in [0.2, 0.25) is 0 Å². The molecule has 1 aromatic heterocycles. The third-order valence-electron chi connectivity index (χ3n) is 3.34. The summed E-state index contributed by atoms with van der Waals surface area (Å²) in [7, 11) is 2.22. The Morgan fingerprint density at radius 1 is 1.53 bits per heavy atom. The molecule has 1 heterocycles. The van der Waals surface area contributed by atoms with E-state index in [1.54, 1.807) is 0 Å². The van der Waals surface area contributed by atoms with E-state index < -0.39 is 0 Å². The molecule has 1 atom stereocenters. The van der Waals surface area contributed by atoms with E-state index >= 15 is 0 Å². The highest BCUT2D eigenvalue weighted by Gasteiger charge is 2.28. The summed E-state index contributed by atoms with van der Waals surface area (Å²) in [6, 6.07) is 7.44. The highest BCUT2D eigenvalue weighted by atomic mass is 79.9. The molecule has 2 rings (SSSR count). The molecule has 1 unspecified atom stereocenters. The molecule has 1 saturated carbocycles. The number of nitrogens with one attached hydrogen (secondary N) is 1. The van der Waals surface area contributed by atoms with Crippen molar-refractivity contribution in [3.63, 3.8) is 0 Å². The topological polar surface area (TPSA) is 28.2 Å². The Kier molecular flexibility index (Phi) is 4.54. The van der Waals surface area contributed by atoms with Crippen LogP contribution >= 0.6 is 15.9 Å². The second-order valence-electron chi connectivity index (χ2n) is 4.83. The van der Waals surface area contributed by atoms with Crippen LogP contribution in [0.3, 0.4) is 0 Å². The zero-order valence-electron chi connectivity index (χ0n) is 10.5. The predicted octanol–water partition coefficient (Wildman–Crippen LogP) is 2.42. The minimum absolute atomic E-state index is 0.592. The molecule has 0 bridgehead atoms. The first-order chi connectivity index (χ1) is 8.16. The van der Waals surface area contributed by atoms with Crippen molar-refractivity contribution in [2.75, 3.05) is 13.6 Å². The smallest absolute Gasteiger partial charge is 0.106 e. The second kappa shape index (κ2) is 5.94. The number of aromatic nitrogens is 1. The van der Waals surface area contributed by atoms with Crippen LogP contribution in [0, 0.1) is 0 Å². The number of halogens is 1. The minimum atomic E-state index is 0.592. The average Bonchev–Trinajstić information content (AvgIpc) is 3.12. The van der Waals surface area contributed by atoms with Gasteiger partial charge in [-0.1, -0.05) is 6.07 Å². The van der Waals surface area contributed by atoms with Crippen LogP contribution in [0.1, 0.15) is 25.5 Å². The number of rotatable bonds is 6. The molecule has 0 saturated heterocycles. The van der Waals surface area contributed by atoms with Gasteiger partial charge in [0.1, 0.15) is 4.60 Å². The van der Waals surface area contributed by atoms with Crippen LogP contribution in [0.5, 0.6) is 0 Å². The van der Waals surface area contributed by atoms with E-state index in [1.807, 2.05) is 18.2 Å². The molecule has 1 fully saturated rings. The third-order valence-corrected chi connectivity index (χ3v) is 3.78. The van der Waals surface area contributed by atoms with Gasteiger partial charge in [0.25, 0.3) is 0 Å². The van der Waals surface area contributed by atoms with Gasteiger partial charge >= 0.3 is 0 Å². The predicted molar refractivity (Wildman–Crippen MR) is 73.9 cm³/mol. The van der Waals surface area contributed by atoms with E-state index in [0.717, 1.165) is 29.4 Å². The number of pyridine rings is 1. The van der Waals surface area contributed by atoms with Gasteiger partial charge in [-0.3, -0.25) is 4.90 Å². The lowest BCUT2D eigenvalue weighted by Crippen LogP contribution is -2.39. The fourth-order valence-electron chi connectivity index (χ4n) is 1.94. The summed E-state index contributed by atoms with van der Waals surface area (Å²) in [6.45, 7) is 4.13. The molecule has 0 amide bonds. The summed E-state index contributed by atoms with van der Waals surface area (Å²) in [6.07, 6.45) is 2.74. The number of hydrogen-bond donors (Lipinski definition) is 1. The third kappa shape index (κ3) is 4.05. The van der Waals surface area contributed by atoms with Gasteiger partial charge in [0.2, 0.25) is 0 Å². The van der Waals surface area contributed by atoms with Crippen molar-refractivity contribution >= 4 is 15.9 Å². The van der Waals surface area contributed by atoms with Crippen molar-refractivity contribution in [1.29, 1.82) is 0 Å². The first kappa shape index (κ1) is 13.0. The van der Waals surface area contributed by atoms with E-state index in [0.29, 0.717) is 6.04 Å². The molecule has 0 aromatic carbocycles. The number of hydrogen-bond acceptors (Lipinski definition) is 3. The zero-order valence-corrected chi connectivity index (χ0v) is 12.1. The fourth-order valence-corrected chi connectivity index (χ4v) is 2.32. The Balaban J connectivity index is 1.71. The van der Waals surface area contributed by atoms with Crippen molar-refractivity contribution in [3.05, 3.63) is 28.5 Å². The summed E-state index contributed by atoms with van der Waals surface area (Å²) >= 11 is 3.39. The molecule has 17 heavy (non-hydrogen) atoms. The van der Waals surface area contributed by atoms with Crippen LogP contribution in [0.15, 0.2) is 22.8 Å². The van der Waals surface area contributed by atoms with Gasteiger partial charge in [0, 0.05) is 25.2 Å². The molecule has 3 nitrogen and oxygen atoms in total. The van der Waals surface area contributed by atoms with Crippen molar-refractivity contribution in [1.82, 2.24) is 15.2 Å². The molecule has 1 aliphatic rings. The SMILES string of the molecule is CC(CNCc1cccc(Br)n1)N(C)C1CC1. The quantitative estimate of drug-likeness (QED) is 0.818. The number of likely N-dealkylation sites (N-methyl/N-ethyl adjacent to an activating group) is 1. The number of nitrogens with zero attached hydrogens (tertiary/aromatic N) is 2. The maximum atomic E-state index is 4.40. The summed E-state index contributed by atoms with van der Waals surface area (Å²) in [4.78, 5) is 6.88. The van der Waals surface area contributed by atoms with Crippen LogP contribution in [-0.4, -0.2) is 35.6 Å². The van der Waals surface area contributed by atoms with Crippen LogP contribution in [0.25, 0.3) is 0 Å². The summed E-state index contributed by atoms with van der Waals surface area (Å²) in [5.41, 5.74) is 1.08. The van der Waals surface area contributed by atoms with Crippen LogP contribution in [-0.2, 0) is 6.54 Å². The minimum Gasteiger partial charge on any atom is -0.310 e. The first-order valence-electron chi connectivity index (χ1n) is 6.21. The molecular weight excluding hydrogens is 278 g/mol. The Labute approximate surface area is 112 Å². The van der Waals surface area contributed by atoms with Gasteiger partial charge in [0.05, 0.1) is 5.69 Å². The van der Waals surface area contributed by atoms with Crippen molar-refractivity contribution in [3.8, 4) is 0 Å². The normalized spacial score (nSPS) is 17.4. The van der Waals surface area contributed by atoms with E-state index in [1.165, 1.54) is 12.8 Å². The Morgan fingerprint density at radius 2 is 2.29 bits per heavy atom. The molecule has 0 aliphatic heterocycles. The van der Waals surface area contributed by atoms with Gasteiger partial charge in [0.15, 0.2) is 0 Å². The summed E-state index contributed by atoms with van der Waals surface area (Å²) in [5, 5.41) is 3.47. The zero-order chi connectivity index (χ0) is 12.3. The van der Waals surface area contributed by atoms with Gasteiger partial charge in [-0.25, -0.2) is 4.98 Å². The lowest BCUT2D eigenvalue weighted by molar-refractivity contribution is 0.241. The van der Waals surface area contributed by atoms with Gasteiger partial charge in [-0.05, 0) is 54.9 Å². The van der Waals surface area contributed by atoms with Crippen molar-refractivity contribution in [2.24, 2.45) is 0 Å². The molecule has 4 heteroatoms. The van der Waals surface area contributed by atoms with E-state index in [9.17, 15) is 0 Å². The van der Waals surface area contributed by atoms with Crippen molar-refractivity contribution in [2.45, 2.75) is 38.4 Å². The molecule has 0 radical (unpaired) electrons.